The highest BCUT2D eigenvalue weighted by atomic mass is 32.1. The number of aliphatic hydroxyl groups is 1. The Morgan fingerprint density at radius 1 is 1.25 bits per heavy atom. The molecule has 5 nitrogen and oxygen atoms in total. The normalized spacial score (nSPS) is 11.4. The predicted molar refractivity (Wildman–Crippen MR) is 98.7 cm³/mol. The number of thiazole rings is 1. The molecule has 130 valence electrons. The van der Waals surface area contributed by atoms with Gasteiger partial charge in [-0.05, 0) is 26.3 Å². The zero-order valence-corrected chi connectivity index (χ0v) is 15.7. The van der Waals surface area contributed by atoms with Gasteiger partial charge in [0.05, 0.1) is 11.3 Å². The fourth-order valence-electron chi connectivity index (χ4n) is 2.39. The van der Waals surface area contributed by atoms with Gasteiger partial charge in [-0.25, -0.2) is 4.98 Å². The van der Waals surface area contributed by atoms with Gasteiger partial charge in [0.15, 0.2) is 5.13 Å². The third-order valence-electron chi connectivity index (χ3n) is 3.44. The minimum Gasteiger partial charge on any atom is -0.389 e. The molecule has 1 N–H and O–H groups in total. The van der Waals surface area contributed by atoms with E-state index in [0.29, 0.717) is 11.4 Å². The van der Waals surface area contributed by atoms with E-state index >= 15 is 0 Å². The minimum atomic E-state index is -0.965. The molecule has 2 aromatic rings. The summed E-state index contributed by atoms with van der Waals surface area (Å²) in [5.41, 5.74) is 0.792. The zero-order chi connectivity index (χ0) is 17.9. The number of hydrogen-bond acceptors (Lipinski definition) is 5. The van der Waals surface area contributed by atoms with Crippen LogP contribution in [0.1, 0.15) is 34.8 Å². The molecule has 1 aromatic carbocycles. The van der Waals surface area contributed by atoms with Gasteiger partial charge in [0.1, 0.15) is 4.88 Å². The lowest BCUT2D eigenvalue weighted by atomic mass is 10.1. The van der Waals surface area contributed by atoms with E-state index < -0.39 is 5.60 Å². The molecule has 0 aliphatic rings. The summed E-state index contributed by atoms with van der Waals surface area (Å²) in [6.07, 6.45) is 0. The van der Waals surface area contributed by atoms with Crippen molar-refractivity contribution >= 4 is 22.4 Å². The number of anilines is 1. The van der Waals surface area contributed by atoms with E-state index in [2.05, 4.69) is 4.98 Å². The number of carbonyl (C=O) groups is 1. The van der Waals surface area contributed by atoms with Crippen LogP contribution in [0.2, 0.25) is 0 Å². The predicted octanol–water partition coefficient (Wildman–Crippen LogP) is 2.93. The van der Waals surface area contributed by atoms with Crippen molar-refractivity contribution in [2.75, 3.05) is 25.5 Å². The molecular weight excluding hydrogens is 322 g/mol. The van der Waals surface area contributed by atoms with Crippen LogP contribution < -0.4 is 4.90 Å². The highest BCUT2D eigenvalue weighted by Crippen LogP contribution is 2.27. The van der Waals surface area contributed by atoms with Gasteiger partial charge in [0.25, 0.3) is 5.91 Å². The van der Waals surface area contributed by atoms with Gasteiger partial charge in [-0.1, -0.05) is 41.7 Å². The first-order valence-electron chi connectivity index (χ1n) is 7.88. The Hall–Kier alpha value is -1.92. The van der Waals surface area contributed by atoms with Crippen LogP contribution in [-0.4, -0.2) is 47.1 Å². The summed E-state index contributed by atoms with van der Waals surface area (Å²) < 4.78 is 0. The van der Waals surface area contributed by atoms with Crippen molar-refractivity contribution in [1.29, 1.82) is 0 Å². The molecule has 0 bridgehead atoms. The summed E-state index contributed by atoms with van der Waals surface area (Å²) in [5, 5.41) is 11.0. The summed E-state index contributed by atoms with van der Waals surface area (Å²) >= 11 is 1.38. The van der Waals surface area contributed by atoms with Gasteiger partial charge in [0.2, 0.25) is 0 Å². The fourth-order valence-corrected chi connectivity index (χ4v) is 3.34. The molecule has 24 heavy (non-hydrogen) atoms. The third kappa shape index (κ3) is 4.79. The van der Waals surface area contributed by atoms with Crippen molar-refractivity contribution in [3.63, 3.8) is 0 Å². The van der Waals surface area contributed by atoms with E-state index in [4.69, 9.17) is 0 Å². The molecule has 0 aliphatic heterocycles. The summed E-state index contributed by atoms with van der Waals surface area (Å²) in [7, 11) is 3.82. The first-order chi connectivity index (χ1) is 11.2. The number of rotatable bonds is 6. The Bertz CT molecular complexity index is 690. The van der Waals surface area contributed by atoms with Gasteiger partial charge < -0.3 is 14.9 Å². The van der Waals surface area contributed by atoms with Crippen LogP contribution in [0.15, 0.2) is 30.3 Å². The number of aromatic nitrogens is 1. The molecule has 0 saturated heterocycles. The Kier molecular flexibility index (Phi) is 5.62. The molecule has 1 amide bonds. The second-order valence-electron chi connectivity index (χ2n) is 6.76. The lowest BCUT2D eigenvalue weighted by molar-refractivity contribution is 0.0282. The topological polar surface area (TPSA) is 56.7 Å². The number of nitrogens with zero attached hydrogens (tertiary/aromatic N) is 3. The van der Waals surface area contributed by atoms with E-state index in [1.165, 1.54) is 11.3 Å². The molecule has 6 heteroatoms. The third-order valence-corrected chi connectivity index (χ3v) is 4.76. The molecule has 0 saturated carbocycles. The van der Waals surface area contributed by atoms with Crippen LogP contribution in [0.5, 0.6) is 0 Å². The van der Waals surface area contributed by atoms with Crippen LogP contribution in [0, 0.1) is 6.92 Å². The van der Waals surface area contributed by atoms with E-state index in [9.17, 15) is 9.90 Å². The van der Waals surface area contributed by atoms with Crippen molar-refractivity contribution in [1.82, 2.24) is 9.88 Å². The maximum absolute atomic E-state index is 13.1. The quantitative estimate of drug-likeness (QED) is 0.873. The SMILES string of the molecule is Cc1nc(N(C)C)sc1C(=O)N(Cc1ccccc1)CC(C)(C)O. The van der Waals surface area contributed by atoms with E-state index in [1.807, 2.05) is 56.3 Å². The monoisotopic (exact) mass is 347 g/mol. The molecular formula is C18H25N3O2S. The van der Waals surface area contributed by atoms with E-state index in [1.54, 1.807) is 18.7 Å². The van der Waals surface area contributed by atoms with Crippen LogP contribution in [0.4, 0.5) is 5.13 Å². The zero-order valence-electron chi connectivity index (χ0n) is 14.9. The molecule has 0 unspecified atom stereocenters. The summed E-state index contributed by atoms with van der Waals surface area (Å²) in [4.78, 5) is 21.7. The Balaban J connectivity index is 2.30. The first-order valence-corrected chi connectivity index (χ1v) is 8.69. The van der Waals surface area contributed by atoms with Gasteiger partial charge in [-0.15, -0.1) is 0 Å². The standard InChI is InChI=1S/C18H25N3O2S/c1-13-15(24-17(19-13)20(4)5)16(22)21(12-18(2,3)23)11-14-9-7-6-8-10-14/h6-10,23H,11-12H2,1-5H3. The Morgan fingerprint density at radius 2 is 1.88 bits per heavy atom. The number of carbonyl (C=O) groups excluding carboxylic acids is 1. The van der Waals surface area contributed by atoms with Crippen LogP contribution in [-0.2, 0) is 6.54 Å². The molecule has 0 atom stereocenters. The average Bonchev–Trinajstić information content (AvgIpc) is 2.88. The molecule has 1 aromatic heterocycles. The highest BCUT2D eigenvalue weighted by molar-refractivity contribution is 7.17. The lowest BCUT2D eigenvalue weighted by Gasteiger charge is -2.29. The Labute approximate surface area is 147 Å². The maximum atomic E-state index is 13.1. The summed E-state index contributed by atoms with van der Waals surface area (Å²) in [6.45, 7) is 5.99. The van der Waals surface area contributed by atoms with E-state index in [0.717, 1.165) is 16.4 Å². The van der Waals surface area contributed by atoms with Gasteiger partial charge >= 0.3 is 0 Å². The number of amides is 1. The van der Waals surface area contributed by atoms with Crippen molar-refractivity contribution in [3.05, 3.63) is 46.5 Å². The molecule has 0 aliphatic carbocycles. The second-order valence-corrected chi connectivity index (χ2v) is 7.74. The van der Waals surface area contributed by atoms with Gasteiger partial charge in [-0.2, -0.15) is 0 Å². The van der Waals surface area contributed by atoms with Crippen LogP contribution >= 0.6 is 11.3 Å². The van der Waals surface area contributed by atoms with Gasteiger partial charge in [0, 0.05) is 27.2 Å². The van der Waals surface area contributed by atoms with Crippen molar-refractivity contribution < 1.29 is 9.90 Å². The van der Waals surface area contributed by atoms with Gasteiger partial charge in [-0.3, -0.25) is 4.79 Å². The smallest absolute Gasteiger partial charge is 0.266 e. The van der Waals surface area contributed by atoms with Crippen molar-refractivity contribution in [3.8, 4) is 0 Å². The minimum absolute atomic E-state index is 0.0934. The maximum Gasteiger partial charge on any atom is 0.266 e. The number of benzene rings is 1. The summed E-state index contributed by atoms with van der Waals surface area (Å²) in [5.74, 6) is -0.0934. The van der Waals surface area contributed by atoms with Crippen LogP contribution in [0.25, 0.3) is 0 Å². The highest BCUT2D eigenvalue weighted by Gasteiger charge is 2.27. The molecule has 1 heterocycles. The molecule has 0 spiro atoms. The second kappa shape index (κ2) is 7.32. The largest absolute Gasteiger partial charge is 0.389 e. The molecule has 0 fully saturated rings. The van der Waals surface area contributed by atoms with E-state index in [-0.39, 0.29) is 12.5 Å². The van der Waals surface area contributed by atoms with Crippen molar-refractivity contribution in [2.45, 2.75) is 32.9 Å². The molecule has 2 rings (SSSR count). The average molecular weight is 347 g/mol. The lowest BCUT2D eigenvalue weighted by Crippen LogP contribution is -2.41. The fraction of sp³-hybridized carbons (Fsp3) is 0.444. The summed E-state index contributed by atoms with van der Waals surface area (Å²) in [6, 6.07) is 9.81. The van der Waals surface area contributed by atoms with Crippen LogP contribution in [0.3, 0.4) is 0 Å². The first kappa shape index (κ1) is 18.4. The molecule has 0 radical (unpaired) electrons. The number of hydrogen-bond donors (Lipinski definition) is 1. The van der Waals surface area contributed by atoms with Crippen molar-refractivity contribution in [2.24, 2.45) is 0 Å². The Morgan fingerprint density at radius 3 is 2.38 bits per heavy atom. The number of aryl methyl sites for hydroxylation is 1.